The number of aromatic nitrogens is 4. The second-order valence-corrected chi connectivity index (χ2v) is 5.03. The summed E-state index contributed by atoms with van der Waals surface area (Å²) in [5.74, 6) is 0.546. The second-order valence-electron chi connectivity index (χ2n) is 5.03. The van der Waals surface area contributed by atoms with Gasteiger partial charge in [0.05, 0.1) is 23.4 Å². The topological polar surface area (TPSA) is 92.7 Å². The van der Waals surface area contributed by atoms with E-state index in [9.17, 15) is 4.79 Å². The molecule has 0 aliphatic heterocycles. The van der Waals surface area contributed by atoms with Gasteiger partial charge in [-0.2, -0.15) is 0 Å². The first-order chi connectivity index (χ1) is 11.2. The number of nitrogens with zero attached hydrogens (tertiary/aromatic N) is 4. The number of amides is 1. The number of hydrogen-bond donors (Lipinski definition) is 2. The van der Waals surface area contributed by atoms with Gasteiger partial charge in [-0.1, -0.05) is 0 Å². The molecule has 2 aromatic heterocycles. The Kier molecular flexibility index (Phi) is 4.09. The van der Waals surface area contributed by atoms with Gasteiger partial charge in [-0.15, -0.1) is 0 Å². The summed E-state index contributed by atoms with van der Waals surface area (Å²) >= 11 is 0. The maximum atomic E-state index is 12.4. The van der Waals surface area contributed by atoms with Crippen molar-refractivity contribution in [1.82, 2.24) is 25.3 Å². The molecule has 0 aliphatic carbocycles. The fourth-order valence-electron chi connectivity index (χ4n) is 2.29. The Hall–Kier alpha value is -3.09. The van der Waals surface area contributed by atoms with Crippen molar-refractivity contribution in [1.29, 1.82) is 0 Å². The largest absolute Gasteiger partial charge is 0.373 e. The molecule has 0 fully saturated rings. The predicted octanol–water partition coefficient (Wildman–Crippen LogP) is 1.95. The number of rotatable bonds is 4. The van der Waals surface area contributed by atoms with Crippen molar-refractivity contribution in [3.05, 3.63) is 54.4 Å². The molecular formula is C16H16N6O. The van der Waals surface area contributed by atoms with Gasteiger partial charge < -0.3 is 10.6 Å². The number of fused-ring (bicyclic) bond motifs is 1. The SMILES string of the molecule is CNc1ncnc2cc(C(=O)NC(C)c3cnccn3)ccc12. The minimum Gasteiger partial charge on any atom is -0.373 e. The van der Waals surface area contributed by atoms with Gasteiger partial charge in [-0.25, -0.2) is 9.97 Å². The van der Waals surface area contributed by atoms with Crippen LogP contribution in [0.1, 0.15) is 29.0 Å². The zero-order valence-electron chi connectivity index (χ0n) is 12.8. The van der Waals surface area contributed by atoms with Gasteiger partial charge >= 0.3 is 0 Å². The summed E-state index contributed by atoms with van der Waals surface area (Å²) in [6, 6.07) is 5.11. The Morgan fingerprint density at radius 1 is 1.17 bits per heavy atom. The number of benzene rings is 1. The Bertz CT molecular complexity index is 836. The van der Waals surface area contributed by atoms with Gasteiger partial charge in [0.2, 0.25) is 0 Å². The summed E-state index contributed by atoms with van der Waals surface area (Å²) in [7, 11) is 1.80. The van der Waals surface area contributed by atoms with Crippen LogP contribution in [0.4, 0.5) is 5.82 Å². The fourth-order valence-corrected chi connectivity index (χ4v) is 2.29. The lowest BCUT2D eigenvalue weighted by Gasteiger charge is -2.13. The molecule has 3 rings (SSSR count). The summed E-state index contributed by atoms with van der Waals surface area (Å²) in [6.45, 7) is 1.87. The molecule has 7 nitrogen and oxygen atoms in total. The van der Waals surface area contributed by atoms with E-state index in [-0.39, 0.29) is 11.9 Å². The van der Waals surface area contributed by atoms with Crippen LogP contribution in [0.5, 0.6) is 0 Å². The average Bonchev–Trinajstić information content (AvgIpc) is 2.61. The van der Waals surface area contributed by atoms with E-state index < -0.39 is 0 Å². The van der Waals surface area contributed by atoms with Crippen molar-refractivity contribution in [2.75, 3.05) is 12.4 Å². The van der Waals surface area contributed by atoms with Gasteiger partial charge in [0, 0.05) is 30.4 Å². The molecule has 0 saturated heterocycles. The van der Waals surface area contributed by atoms with Crippen LogP contribution in [-0.2, 0) is 0 Å². The molecule has 23 heavy (non-hydrogen) atoms. The molecule has 1 amide bonds. The zero-order chi connectivity index (χ0) is 16.2. The summed E-state index contributed by atoms with van der Waals surface area (Å²) in [5, 5.41) is 6.78. The van der Waals surface area contributed by atoms with Crippen LogP contribution >= 0.6 is 0 Å². The standard InChI is InChI=1S/C16H16N6O/c1-10(14-8-18-5-6-19-14)22-16(23)11-3-4-12-13(7-11)20-9-21-15(12)17-2/h3-10H,1-2H3,(H,22,23)(H,17,20,21). The van der Waals surface area contributed by atoms with Gasteiger partial charge in [-0.3, -0.25) is 14.8 Å². The number of nitrogens with one attached hydrogen (secondary N) is 2. The number of carbonyl (C=O) groups is 1. The van der Waals surface area contributed by atoms with Gasteiger partial charge in [0.15, 0.2) is 0 Å². The summed E-state index contributed by atoms with van der Waals surface area (Å²) in [5.41, 5.74) is 1.96. The number of hydrogen-bond acceptors (Lipinski definition) is 6. The van der Waals surface area contributed by atoms with Crippen molar-refractivity contribution in [3.63, 3.8) is 0 Å². The molecule has 0 bridgehead atoms. The van der Waals surface area contributed by atoms with E-state index in [0.717, 1.165) is 11.2 Å². The quantitative estimate of drug-likeness (QED) is 0.765. The predicted molar refractivity (Wildman–Crippen MR) is 87.0 cm³/mol. The molecule has 116 valence electrons. The van der Waals surface area contributed by atoms with Crippen LogP contribution in [-0.4, -0.2) is 32.9 Å². The van der Waals surface area contributed by atoms with Crippen molar-refractivity contribution >= 4 is 22.6 Å². The van der Waals surface area contributed by atoms with Crippen LogP contribution in [0, 0.1) is 0 Å². The molecule has 7 heteroatoms. The highest BCUT2D eigenvalue weighted by Crippen LogP contribution is 2.20. The third-order valence-electron chi connectivity index (χ3n) is 3.51. The molecule has 0 saturated carbocycles. The highest BCUT2D eigenvalue weighted by molar-refractivity contribution is 5.99. The van der Waals surface area contributed by atoms with Crippen LogP contribution in [0.3, 0.4) is 0 Å². The minimum absolute atomic E-state index is 0.185. The lowest BCUT2D eigenvalue weighted by Crippen LogP contribution is -2.27. The molecular weight excluding hydrogens is 292 g/mol. The van der Waals surface area contributed by atoms with Crippen LogP contribution in [0.25, 0.3) is 10.9 Å². The number of anilines is 1. The van der Waals surface area contributed by atoms with Crippen LogP contribution in [0.2, 0.25) is 0 Å². The van der Waals surface area contributed by atoms with Crippen LogP contribution in [0.15, 0.2) is 43.1 Å². The maximum Gasteiger partial charge on any atom is 0.251 e. The summed E-state index contributed by atoms with van der Waals surface area (Å²) in [6.07, 6.45) is 6.31. The Labute approximate surface area is 133 Å². The summed E-state index contributed by atoms with van der Waals surface area (Å²) < 4.78 is 0. The Morgan fingerprint density at radius 2 is 2.04 bits per heavy atom. The maximum absolute atomic E-state index is 12.4. The van der Waals surface area contributed by atoms with Crippen molar-refractivity contribution in [2.24, 2.45) is 0 Å². The van der Waals surface area contributed by atoms with E-state index in [2.05, 4.69) is 30.6 Å². The van der Waals surface area contributed by atoms with Gasteiger partial charge in [-0.05, 0) is 25.1 Å². The first-order valence-electron chi connectivity index (χ1n) is 7.18. The average molecular weight is 308 g/mol. The molecule has 1 unspecified atom stereocenters. The third-order valence-corrected chi connectivity index (χ3v) is 3.51. The molecule has 1 atom stereocenters. The monoisotopic (exact) mass is 308 g/mol. The van der Waals surface area contributed by atoms with Gasteiger partial charge in [0.1, 0.15) is 12.1 Å². The molecule has 3 aromatic rings. The molecule has 2 N–H and O–H groups in total. The first-order valence-corrected chi connectivity index (χ1v) is 7.18. The normalized spacial score (nSPS) is 11.9. The fraction of sp³-hybridized carbons (Fsp3) is 0.188. The molecule has 0 radical (unpaired) electrons. The van der Waals surface area contributed by atoms with E-state index >= 15 is 0 Å². The van der Waals surface area contributed by atoms with E-state index in [4.69, 9.17) is 0 Å². The highest BCUT2D eigenvalue weighted by atomic mass is 16.1. The zero-order valence-corrected chi connectivity index (χ0v) is 12.8. The van der Waals surface area contributed by atoms with Crippen molar-refractivity contribution in [2.45, 2.75) is 13.0 Å². The minimum atomic E-state index is -0.231. The van der Waals surface area contributed by atoms with Crippen molar-refractivity contribution < 1.29 is 4.79 Å². The van der Waals surface area contributed by atoms with E-state index in [0.29, 0.717) is 16.8 Å². The second kappa shape index (κ2) is 6.35. The molecule has 0 aliphatic rings. The first kappa shape index (κ1) is 14.8. The summed E-state index contributed by atoms with van der Waals surface area (Å²) in [4.78, 5) is 29.0. The third kappa shape index (κ3) is 3.08. The lowest BCUT2D eigenvalue weighted by atomic mass is 10.1. The molecule has 1 aromatic carbocycles. The number of carbonyl (C=O) groups excluding carboxylic acids is 1. The lowest BCUT2D eigenvalue weighted by molar-refractivity contribution is 0.0939. The van der Waals surface area contributed by atoms with E-state index in [1.807, 2.05) is 13.0 Å². The van der Waals surface area contributed by atoms with Gasteiger partial charge in [0.25, 0.3) is 5.91 Å². The highest BCUT2D eigenvalue weighted by Gasteiger charge is 2.13. The Balaban J connectivity index is 1.84. The van der Waals surface area contributed by atoms with Crippen LogP contribution < -0.4 is 10.6 Å². The molecule has 2 heterocycles. The van der Waals surface area contributed by atoms with Crippen molar-refractivity contribution in [3.8, 4) is 0 Å². The van der Waals surface area contributed by atoms with E-state index in [1.54, 1.807) is 37.8 Å². The Morgan fingerprint density at radius 3 is 2.78 bits per heavy atom. The smallest absolute Gasteiger partial charge is 0.251 e. The van der Waals surface area contributed by atoms with E-state index in [1.165, 1.54) is 6.33 Å². The molecule has 0 spiro atoms.